The Hall–Kier alpha value is -1.36. The average Bonchev–Trinajstić information content (AvgIpc) is 2.91. The number of anilines is 2. The van der Waals surface area contributed by atoms with Crippen LogP contribution in [0.15, 0.2) is 22.6 Å². The Kier molecular flexibility index (Phi) is 3.78. The molecule has 0 aliphatic heterocycles. The normalized spacial score (nSPS) is 18.2. The lowest BCUT2D eigenvalue weighted by Crippen LogP contribution is -2.35. The minimum atomic E-state index is 0.324. The van der Waals surface area contributed by atoms with Crippen LogP contribution in [-0.4, -0.2) is 22.5 Å². The van der Waals surface area contributed by atoms with E-state index in [0.717, 1.165) is 17.6 Å². The molecule has 0 saturated heterocycles. The largest absolute Gasteiger partial charge is 0.423 e. The Morgan fingerprint density at radius 1 is 1.35 bits per heavy atom. The Morgan fingerprint density at radius 2 is 2.15 bits per heavy atom. The third-order valence-corrected chi connectivity index (χ3v) is 5.63. The third-order valence-electron chi connectivity index (χ3n) is 4.21. The van der Waals surface area contributed by atoms with Crippen molar-refractivity contribution in [3.05, 3.63) is 18.2 Å². The van der Waals surface area contributed by atoms with E-state index >= 15 is 0 Å². The van der Waals surface area contributed by atoms with Crippen molar-refractivity contribution in [2.24, 2.45) is 0 Å². The van der Waals surface area contributed by atoms with Crippen LogP contribution in [0.1, 0.15) is 32.1 Å². The molecular formula is C15H21N3OS. The SMILES string of the molecule is CSC1(CNc2nc3c(N)cccc3o2)CCCCC1. The summed E-state index contributed by atoms with van der Waals surface area (Å²) in [7, 11) is 0. The van der Waals surface area contributed by atoms with Gasteiger partial charge in [0.1, 0.15) is 5.52 Å². The highest BCUT2D eigenvalue weighted by molar-refractivity contribution is 8.00. The molecule has 4 nitrogen and oxygen atoms in total. The van der Waals surface area contributed by atoms with E-state index in [1.54, 1.807) is 0 Å². The van der Waals surface area contributed by atoms with Crippen molar-refractivity contribution in [3.63, 3.8) is 0 Å². The lowest BCUT2D eigenvalue weighted by molar-refractivity contribution is 0.408. The van der Waals surface area contributed by atoms with Crippen molar-refractivity contribution >= 4 is 34.6 Å². The number of benzene rings is 1. The highest BCUT2D eigenvalue weighted by atomic mass is 32.2. The molecule has 3 N–H and O–H groups in total. The van der Waals surface area contributed by atoms with Crippen LogP contribution in [0.4, 0.5) is 11.7 Å². The first-order valence-corrected chi connectivity index (χ1v) is 8.39. The zero-order valence-electron chi connectivity index (χ0n) is 11.8. The van der Waals surface area contributed by atoms with Gasteiger partial charge in [0.2, 0.25) is 0 Å². The number of fused-ring (bicyclic) bond motifs is 1. The molecular weight excluding hydrogens is 270 g/mol. The quantitative estimate of drug-likeness (QED) is 0.837. The minimum absolute atomic E-state index is 0.324. The van der Waals surface area contributed by atoms with E-state index in [4.69, 9.17) is 10.2 Å². The topological polar surface area (TPSA) is 64.1 Å². The molecule has 5 heteroatoms. The van der Waals surface area contributed by atoms with Crippen LogP contribution in [0.5, 0.6) is 0 Å². The van der Waals surface area contributed by atoms with Gasteiger partial charge in [0, 0.05) is 11.3 Å². The van der Waals surface area contributed by atoms with Crippen molar-refractivity contribution in [1.29, 1.82) is 0 Å². The second-order valence-electron chi connectivity index (χ2n) is 5.51. The van der Waals surface area contributed by atoms with Gasteiger partial charge in [-0.1, -0.05) is 25.3 Å². The number of thioether (sulfide) groups is 1. The Balaban J connectivity index is 1.74. The number of para-hydroxylation sites is 1. The smallest absolute Gasteiger partial charge is 0.295 e. The average molecular weight is 291 g/mol. The third kappa shape index (κ3) is 2.59. The molecule has 1 aromatic carbocycles. The number of hydrogen-bond acceptors (Lipinski definition) is 5. The first-order valence-electron chi connectivity index (χ1n) is 7.16. The fourth-order valence-electron chi connectivity index (χ4n) is 2.93. The number of hydrogen-bond donors (Lipinski definition) is 2. The van der Waals surface area contributed by atoms with Gasteiger partial charge in [-0.2, -0.15) is 16.7 Å². The van der Waals surface area contributed by atoms with Crippen LogP contribution >= 0.6 is 11.8 Å². The summed E-state index contributed by atoms with van der Waals surface area (Å²) in [6, 6.07) is 6.21. The Labute approximate surface area is 123 Å². The highest BCUT2D eigenvalue weighted by Gasteiger charge is 2.31. The van der Waals surface area contributed by atoms with E-state index in [0.29, 0.717) is 16.4 Å². The van der Waals surface area contributed by atoms with Crippen LogP contribution in [0.25, 0.3) is 11.1 Å². The van der Waals surface area contributed by atoms with Crippen LogP contribution in [-0.2, 0) is 0 Å². The summed E-state index contributed by atoms with van der Waals surface area (Å²) in [5.41, 5.74) is 8.06. The molecule has 2 aromatic rings. The summed E-state index contributed by atoms with van der Waals surface area (Å²) >= 11 is 1.97. The first-order chi connectivity index (χ1) is 9.72. The van der Waals surface area contributed by atoms with Gasteiger partial charge in [-0.3, -0.25) is 0 Å². The predicted octanol–water partition coefficient (Wildman–Crippen LogP) is 3.89. The Bertz CT molecular complexity index is 590. The van der Waals surface area contributed by atoms with Crippen LogP contribution in [0.2, 0.25) is 0 Å². The van der Waals surface area contributed by atoms with Gasteiger partial charge in [0.15, 0.2) is 5.58 Å². The van der Waals surface area contributed by atoms with E-state index in [1.165, 1.54) is 32.1 Å². The zero-order valence-corrected chi connectivity index (χ0v) is 12.6. The standard InChI is InChI=1S/C15H21N3OS/c1-20-15(8-3-2-4-9-15)10-17-14-18-13-11(16)6-5-7-12(13)19-14/h5-7H,2-4,8-10,16H2,1H3,(H,17,18). The summed E-state index contributed by atoms with van der Waals surface area (Å²) in [5.74, 6) is 0. The van der Waals surface area contributed by atoms with Crippen molar-refractivity contribution in [2.75, 3.05) is 23.9 Å². The molecule has 1 aliphatic carbocycles. The number of nitrogens with one attached hydrogen (secondary N) is 1. The van der Waals surface area contributed by atoms with E-state index in [2.05, 4.69) is 16.6 Å². The molecule has 1 aliphatic rings. The molecule has 0 radical (unpaired) electrons. The molecule has 1 saturated carbocycles. The molecule has 1 aromatic heterocycles. The molecule has 3 rings (SSSR count). The maximum Gasteiger partial charge on any atom is 0.295 e. The van der Waals surface area contributed by atoms with Gasteiger partial charge in [0.05, 0.1) is 5.69 Å². The van der Waals surface area contributed by atoms with Crippen LogP contribution < -0.4 is 11.1 Å². The lowest BCUT2D eigenvalue weighted by Gasteiger charge is -2.35. The summed E-state index contributed by atoms with van der Waals surface area (Å²) in [6.45, 7) is 0.904. The second-order valence-corrected chi connectivity index (χ2v) is 6.79. The van der Waals surface area contributed by atoms with Crippen LogP contribution in [0.3, 0.4) is 0 Å². The van der Waals surface area contributed by atoms with Crippen molar-refractivity contribution in [3.8, 4) is 0 Å². The van der Waals surface area contributed by atoms with Gasteiger partial charge in [-0.25, -0.2) is 0 Å². The summed E-state index contributed by atoms with van der Waals surface area (Å²) in [4.78, 5) is 4.45. The summed E-state index contributed by atoms with van der Waals surface area (Å²) in [6.07, 6.45) is 8.75. The number of nitrogens with zero attached hydrogens (tertiary/aromatic N) is 1. The Morgan fingerprint density at radius 3 is 2.85 bits per heavy atom. The molecule has 0 spiro atoms. The number of aromatic nitrogens is 1. The first kappa shape index (κ1) is 13.6. The number of nitrogen functional groups attached to an aromatic ring is 1. The zero-order chi connectivity index (χ0) is 14.0. The summed E-state index contributed by atoms with van der Waals surface area (Å²) < 4.78 is 6.04. The summed E-state index contributed by atoms with van der Waals surface area (Å²) in [5, 5.41) is 3.37. The molecule has 0 bridgehead atoms. The van der Waals surface area contributed by atoms with Crippen LogP contribution in [0, 0.1) is 0 Å². The molecule has 1 fully saturated rings. The van der Waals surface area contributed by atoms with Gasteiger partial charge >= 0.3 is 0 Å². The predicted molar refractivity (Wildman–Crippen MR) is 86.2 cm³/mol. The molecule has 108 valence electrons. The van der Waals surface area contributed by atoms with E-state index in [9.17, 15) is 0 Å². The number of oxazole rings is 1. The fourth-order valence-corrected chi connectivity index (χ4v) is 3.84. The molecule has 0 atom stereocenters. The van der Waals surface area contributed by atoms with Crippen molar-refractivity contribution < 1.29 is 4.42 Å². The van der Waals surface area contributed by atoms with Crippen molar-refractivity contribution in [1.82, 2.24) is 4.98 Å². The maximum atomic E-state index is 5.91. The van der Waals surface area contributed by atoms with Gasteiger partial charge < -0.3 is 15.5 Å². The molecule has 20 heavy (non-hydrogen) atoms. The molecule has 1 heterocycles. The van der Waals surface area contributed by atoms with E-state index in [1.807, 2.05) is 30.0 Å². The minimum Gasteiger partial charge on any atom is -0.423 e. The second kappa shape index (κ2) is 5.56. The number of nitrogens with two attached hydrogens (primary N) is 1. The molecule has 0 amide bonds. The highest BCUT2D eigenvalue weighted by Crippen LogP contribution is 2.38. The van der Waals surface area contributed by atoms with Crippen molar-refractivity contribution in [2.45, 2.75) is 36.9 Å². The van der Waals surface area contributed by atoms with Gasteiger partial charge in [-0.05, 0) is 31.2 Å². The fraction of sp³-hybridized carbons (Fsp3) is 0.533. The van der Waals surface area contributed by atoms with E-state index < -0.39 is 0 Å². The lowest BCUT2D eigenvalue weighted by atomic mass is 9.88. The van der Waals surface area contributed by atoms with Gasteiger partial charge in [-0.15, -0.1) is 0 Å². The number of rotatable bonds is 4. The molecule has 0 unspecified atom stereocenters. The maximum absolute atomic E-state index is 5.91. The van der Waals surface area contributed by atoms with Gasteiger partial charge in [0.25, 0.3) is 6.01 Å². The van der Waals surface area contributed by atoms with E-state index in [-0.39, 0.29) is 0 Å². The monoisotopic (exact) mass is 291 g/mol.